The first-order valence-electron chi connectivity index (χ1n) is 10.5. The molecule has 1 aromatic carbocycles. The molecule has 2 heterocycles. The van der Waals surface area contributed by atoms with Crippen molar-refractivity contribution in [1.82, 2.24) is 14.8 Å². The number of hydrogen-bond donors (Lipinski definition) is 3. The zero-order chi connectivity index (χ0) is 22.2. The molecule has 0 atom stereocenters. The summed E-state index contributed by atoms with van der Waals surface area (Å²) in [5.74, 6) is 0.501. The van der Waals surface area contributed by atoms with Gasteiger partial charge in [0.05, 0.1) is 16.5 Å². The molecule has 2 saturated carbocycles. The summed E-state index contributed by atoms with van der Waals surface area (Å²) >= 11 is 3.53. The van der Waals surface area contributed by atoms with E-state index in [4.69, 9.17) is 5.10 Å². The van der Waals surface area contributed by atoms with Crippen molar-refractivity contribution in [3.05, 3.63) is 46.9 Å². The van der Waals surface area contributed by atoms with Crippen molar-refractivity contribution in [2.75, 3.05) is 17.8 Å². The second kappa shape index (κ2) is 8.35. The van der Waals surface area contributed by atoms with Crippen LogP contribution in [0.2, 0.25) is 0 Å². The van der Waals surface area contributed by atoms with Gasteiger partial charge in [-0.3, -0.25) is 9.48 Å². The molecule has 2 aromatic heterocycles. The van der Waals surface area contributed by atoms with Gasteiger partial charge in [0.2, 0.25) is 0 Å². The topological polar surface area (TPSA) is 96.8 Å². The van der Waals surface area contributed by atoms with E-state index in [1.165, 1.54) is 31.9 Å². The summed E-state index contributed by atoms with van der Waals surface area (Å²) in [5, 5.41) is 8.52. The number of fused-ring (bicyclic) bond motifs is 1. The molecule has 0 saturated heterocycles. The van der Waals surface area contributed by atoms with Gasteiger partial charge >= 0.3 is 0 Å². The zero-order valence-corrected chi connectivity index (χ0v) is 19.5. The maximum atomic E-state index is 12.6. The standard InChI is InChI=1S/C21H24N4O3S.CH4S/c1-29(27,28)16-4-2-14(3-5-16)23-19-18-17(8-13-22-20(18)26)25(24-19)15-6-9-21(10-7-15)11-12-21;1-2/h2-5,8,13,15H,6-7,9-12H2,1H3,(H,22,26)(H,23,24);2H,1H3. The number of aromatic nitrogens is 3. The minimum Gasteiger partial charge on any atom is -0.338 e. The van der Waals surface area contributed by atoms with Gasteiger partial charge in [-0.15, -0.1) is 0 Å². The van der Waals surface area contributed by atoms with Gasteiger partial charge in [-0.05, 0) is 80.5 Å². The van der Waals surface area contributed by atoms with E-state index in [1.807, 2.05) is 10.7 Å². The lowest BCUT2D eigenvalue weighted by Gasteiger charge is -2.29. The van der Waals surface area contributed by atoms with E-state index in [9.17, 15) is 13.2 Å². The Balaban J connectivity index is 0.00000112. The maximum Gasteiger partial charge on any atom is 0.261 e. The highest BCUT2D eigenvalue weighted by Crippen LogP contribution is 2.58. The Morgan fingerprint density at radius 2 is 1.74 bits per heavy atom. The Bertz CT molecular complexity index is 1230. The van der Waals surface area contributed by atoms with Crippen LogP contribution >= 0.6 is 12.6 Å². The van der Waals surface area contributed by atoms with Crippen molar-refractivity contribution in [3.8, 4) is 0 Å². The number of thiol groups is 1. The fraction of sp³-hybridized carbons (Fsp3) is 0.455. The molecule has 2 fully saturated rings. The third kappa shape index (κ3) is 4.39. The summed E-state index contributed by atoms with van der Waals surface area (Å²) in [6.07, 6.45) is 11.9. The van der Waals surface area contributed by atoms with Gasteiger partial charge in [0.25, 0.3) is 5.56 Å². The number of nitrogens with one attached hydrogen (secondary N) is 2. The molecule has 0 bridgehead atoms. The fourth-order valence-electron chi connectivity index (χ4n) is 4.52. The van der Waals surface area contributed by atoms with Crippen molar-refractivity contribution in [3.63, 3.8) is 0 Å². The predicted octanol–water partition coefficient (Wildman–Crippen LogP) is 4.31. The van der Waals surface area contributed by atoms with Gasteiger partial charge in [-0.1, -0.05) is 0 Å². The molecule has 0 radical (unpaired) electrons. The average molecular weight is 461 g/mol. The van der Waals surface area contributed by atoms with Crippen LogP contribution in [0.3, 0.4) is 0 Å². The highest BCUT2D eigenvalue weighted by atomic mass is 32.2. The molecule has 2 aliphatic carbocycles. The Labute approximate surface area is 187 Å². The number of rotatable bonds is 4. The first kappa shape index (κ1) is 22.0. The Morgan fingerprint density at radius 1 is 1.10 bits per heavy atom. The minimum atomic E-state index is -3.25. The van der Waals surface area contributed by atoms with Crippen molar-refractivity contribution in [2.45, 2.75) is 49.5 Å². The lowest BCUT2D eigenvalue weighted by molar-refractivity contribution is 0.250. The van der Waals surface area contributed by atoms with Crippen molar-refractivity contribution in [2.24, 2.45) is 5.41 Å². The number of nitrogens with zero attached hydrogens (tertiary/aromatic N) is 2. The lowest BCUT2D eigenvalue weighted by atomic mass is 9.83. The Morgan fingerprint density at radius 3 is 2.32 bits per heavy atom. The zero-order valence-electron chi connectivity index (χ0n) is 17.8. The van der Waals surface area contributed by atoms with Crippen LogP contribution in [0.5, 0.6) is 0 Å². The molecule has 166 valence electrons. The predicted molar refractivity (Wildman–Crippen MR) is 127 cm³/mol. The number of H-pyrrole nitrogens is 1. The minimum absolute atomic E-state index is 0.182. The van der Waals surface area contributed by atoms with Crippen molar-refractivity contribution < 1.29 is 8.42 Å². The third-order valence-corrected chi connectivity index (χ3v) is 7.62. The molecule has 9 heteroatoms. The first-order chi connectivity index (χ1) is 14.8. The maximum absolute atomic E-state index is 12.6. The summed E-state index contributed by atoms with van der Waals surface area (Å²) in [4.78, 5) is 15.6. The molecule has 1 spiro atoms. The van der Waals surface area contributed by atoms with E-state index >= 15 is 0 Å². The van der Waals surface area contributed by atoms with Gasteiger partial charge in [0.15, 0.2) is 15.7 Å². The number of benzene rings is 1. The Hall–Kier alpha value is -2.26. The number of aromatic amines is 1. The second-order valence-corrected chi connectivity index (χ2v) is 10.5. The molecular weight excluding hydrogens is 432 g/mol. The van der Waals surface area contributed by atoms with E-state index in [-0.39, 0.29) is 10.5 Å². The van der Waals surface area contributed by atoms with Gasteiger partial charge in [-0.2, -0.15) is 17.7 Å². The number of hydrogen-bond acceptors (Lipinski definition) is 6. The fourth-order valence-corrected chi connectivity index (χ4v) is 5.15. The third-order valence-electron chi connectivity index (χ3n) is 6.49. The van der Waals surface area contributed by atoms with Crippen LogP contribution in [0.1, 0.15) is 44.6 Å². The van der Waals surface area contributed by atoms with Crippen LogP contribution in [0.25, 0.3) is 10.9 Å². The van der Waals surface area contributed by atoms with E-state index in [0.717, 1.165) is 18.4 Å². The monoisotopic (exact) mass is 460 g/mol. The molecular formula is C22H28N4O3S2. The highest BCUT2D eigenvalue weighted by molar-refractivity contribution is 7.90. The van der Waals surface area contributed by atoms with Crippen LogP contribution in [-0.4, -0.2) is 35.7 Å². The quantitative estimate of drug-likeness (QED) is 0.504. The van der Waals surface area contributed by atoms with Gasteiger partial charge < -0.3 is 10.3 Å². The summed E-state index contributed by atoms with van der Waals surface area (Å²) in [7, 11) is -3.25. The normalized spacial score (nSPS) is 17.9. The van der Waals surface area contributed by atoms with Gasteiger partial charge in [0, 0.05) is 18.1 Å². The molecule has 0 unspecified atom stereocenters. The first-order valence-corrected chi connectivity index (χ1v) is 13.3. The molecule has 3 aromatic rings. The van der Waals surface area contributed by atoms with E-state index < -0.39 is 9.84 Å². The number of anilines is 2. The molecule has 0 amide bonds. The summed E-state index contributed by atoms with van der Waals surface area (Å²) in [6.45, 7) is 0. The van der Waals surface area contributed by atoms with Crippen LogP contribution in [0.4, 0.5) is 11.5 Å². The van der Waals surface area contributed by atoms with Gasteiger partial charge in [-0.25, -0.2) is 8.42 Å². The Kier molecular flexibility index (Phi) is 5.91. The average Bonchev–Trinajstić information content (AvgIpc) is 3.41. The number of pyridine rings is 1. The summed E-state index contributed by atoms with van der Waals surface area (Å²) in [5.41, 5.74) is 1.94. The molecule has 31 heavy (non-hydrogen) atoms. The smallest absolute Gasteiger partial charge is 0.261 e. The highest BCUT2D eigenvalue weighted by Gasteiger charge is 2.45. The summed E-state index contributed by atoms with van der Waals surface area (Å²) in [6, 6.07) is 8.69. The van der Waals surface area contributed by atoms with Crippen LogP contribution < -0.4 is 10.9 Å². The van der Waals surface area contributed by atoms with E-state index in [0.29, 0.717) is 28.3 Å². The van der Waals surface area contributed by atoms with Crippen molar-refractivity contribution >= 4 is 44.9 Å². The van der Waals surface area contributed by atoms with E-state index in [1.54, 1.807) is 36.7 Å². The van der Waals surface area contributed by atoms with Crippen LogP contribution in [-0.2, 0) is 9.84 Å². The van der Waals surface area contributed by atoms with E-state index in [2.05, 4.69) is 22.9 Å². The summed E-state index contributed by atoms with van der Waals surface area (Å²) < 4.78 is 25.3. The molecule has 0 aliphatic heterocycles. The lowest BCUT2D eigenvalue weighted by Crippen LogP contribution is -2.20. The van der Waals surface area contributed by atoms with Gasteiger partial charge in [0.1, 0.15) is 5.39 Å². The molecule has 2 aliphatic rings. The van der Waals surface area contributed by atoms with Crippen molar-refractivity contribution in [1.29, 1.82) is 0 Å². The second-order valence-electron chi connectivity index (χ2n) is 8.51. The van der Waals surface area contributed by atoms with Crippen LogP contribution in [0, 0.1) is 5.41 Å². The SMILES string of the molecule is CS.CS(=O)(=O)c1ccc(Nc2nn(C3CCC4(CC3)CC4)c3cc[nH]c(=O)c23)cc1. The molecule has 5 rings (SSSR count). The number of sulfone groups is 1. The van der Waals surface area contributed by atoms with Crippen LogP contribution in [0.15, 0.2) is 46.2 Å². The molecule has 2 N–H and O–H groups in total. The molecule has 7 nitrogen and oxygen atoms in total. The largest absolute Gasteiger partial charge is 0.338 e.